The highest BCUT2D eigenvalue weighted by atomic mass is 32.2. The molecule has 23 heavy (non-hydrogen) atoms. The van der Waals surface area contributed by atoms with Gasteiger partial charge in [0, 0.05) is 24.5 Å². The molecule has 0 atom stereocenters. The van der Waals surface area contributed by atoms with Crippen molar-refractivity contribution in [1.29, 1.82) is 0 Å². The second-order valence-electron chi connectivity index (χ2n) is 7.06. The average Bonchev–Trinajstić information content (AvgIpc) is 2.78. The minimum absolute atomic E-state index is 0.00969. The molecule has 2 rings (SSSR count). The van der Waals surface area contributed by atoms with E-state index in [2.05, 4.69) is 10.5 Å². The van der Waals surface area contributed by atoms with Gasteiger partial charge in [-0.2, -0.15) is 4.31 Å². The molecule has 1 aliphatic heterocycles. The Bertz CT molecular complexity index is 661. The van der Waals surface area contributed by atoms with Crippen molar-refractivity contribution >= 4 is 15.9 Å². The standard InChI is InChI=1S/C15H25N3O4S/c1-10-13(11(2)22-17-10)23(20,21)18-8-6-12(7-9-18)16-14(19)15(3,4)5/h12H,6-9H2,1-5H3,(H,16,19). The highest BCUT2D eigenvalue weighted by Crippen LogP contribution is 2.26. The highest BCUT2D eigenvalue weighted by Gasteiger charge is 2.34. The van der Waals surface area contributed by atoms with Gasteiger partial charge < -0.3 is 9.84 Å². The van der Waals surface area contributed by atoms with Crippen molar-refractivity contribution in [3.05, 3.63) is 11.5 Å². The summed E-state index contributed by atoms with van der Waals surface area (Å²) in [5.74, 6) is 0.301. The largest absolute Gasteiger partial charge is 0.360 e. The van der Waals surface area contributed by atoms with E-state index in [1.807, 2.05) is 20.8 Å². The van der Waals surface area contributed by atoms with Crippen LogP contribution in [0.4, 0.5) is 0 Å². The lowest BCUT2D eigenvalue weighted by Gasteiger charge is -2.33. The van der Waals surface area contributed by atoms with Crippen molar-refractivity contribution in [2.75, 3.05) is 13.1 Å². The molecule has 1 aromatic rings. The predicted molar refractivity (Wildman–Crippen MR) is 85.4 cm³/mol. The first-order chi connectivity index (χ1) is 10.5. The maximum Gasteiger partial charge on any atom is 0.248 e. The Kier molecular flexibility index (Phi) is 4.86. The molecule has 7 nitrogen and oxygen atoms in total. The van der Waals surface area contributed by atoms with E-state index in [4.69, 9.17) is 4.52 Å². The van der Waals surface area contributed by atoms with Crippen molar-refractivity contribution in [1.82, 2.24) is 14.8 Å². The fourth-order valence-corrected chi connectivity index (χ4v) is 4.38. The first kappa shape index (κ1) is 17.9. The Labute approximate surface area is 137 Å². The average molecular weight is 343 g/mol. The molecule has 0 aromatic carbocycles. The number of carbonyl (C=O) groups is 1. The van der Waals surface area contributed by atoms with Gasteiger partial charge in [0.2, 0.25) is 15.9 Å². The molecule has 2 heterocycles. The first-order valence-electron chi connectivity index (χ1n) is 7.77. The number of nitrogens with zero attached hydrogens (tertiary/aromatic N) is 2. The maximum absolute atomic E-state index is 12.7. The van der Waals surface area contributed by atoms with Crippen LogP contribution < -0.4 is 5.32 Å². The van der Waals surface area contributed by atoms with Gasteiger partial charge in [-0.1, -0.05) is 25.9 Å². The predicted octanol–water partition coefficient (Wildman–Crippen LogP) is 1.61. The number of piperidine rings is 1. The second kappa shape index (κ2) is 6.24. The van der Waals surface area contributed by atoms with Crippen molar-refractivity contribution in [2.45, 2.75) is 58.4 Å². The molecule has 1 saturated heterocycles. The fraction of sp³-hybridized carbons (Fsp3) is 0.733. The first-order valence-corrected chi connectivity index (χ1v) is 9.21. The molecular weight excluding hydrogens is 318 g/mol. The third kappa shape index (κ3) is 3.74. The van der Waals surface area contributed by atoms with E-state index in [-0.39, 0.29) is 16.8 Å². The van der Waals surface area contributed by atoms with E-state index < -0.39 is 15.4 Å². The molecule has 0 bridgehead atoms. The number of aryl methyl sites for hydroxylation is 2. The summed E-state index contributed by atoms with van der Waals surface area (Å²) in [7, 11) is -3.60. The number of nitrogens with one attached hydrogen (secondary N) is 1. The van der Waals surface area contributed by atoms with E-state index in [1.165, 1.54) is 4.31 Å². The molecule has 1 aliphatic rings. The van der Waals surface area contributed by atoms with Gasteiger partial charge in [0.25, 0.3) is 0 Å². The van der Waals surface area contributed by atoms with Crippen LogP contribution in [0.15, 0.2) is 9.42 Å². The van der Waals surface area contributed by atoms with Crippen LogP contribution in [0.3, 0.4) is 0 Å². The molecule has 0 saturated carbocycles. The number of hydrogen-bond acceptors (Lipinski definition) is 5. The van der Waals surface area contributed by atoms with Crippen molar-refractivity contribution < 1.29 is 17.7 Å². The molecule has 1 N–H and O–H groups in total. The molecule has 0 unspecified atom stereocenters. The van der Waals surface area contributed by atoms with Crippen molar-refractivity contribution in [3.8, 4) is 0 Å². The summed E-state index contributed by atoms with van der Waals surface area (Å²) in [5.41, 5.74) is -0.0643. The minimum atomic E-state index is -3.60. The molecule has 1 aromatic heterocycles. The summed E-state index contributed by atoms with van der Waals surface area (Å²) >= 11 is 0. The maximum atomic E-state index is 12.7. The Morgan fingerprint density at radius 1 is 1.26 bits per heavy atom. The van der Waals surface area contributed by atoms with Crippen LogP contribution >= 0.6 is 0 Å². The number of aromatic nitrogens is 1. The van der Waals surface area contributed by atoms with Crippen LogP contribution in [-0.4, -0.2) is 42.9 Å². The minimum Gasteiger partial charge on any atom is -0.360 e. The number of sulfonamides is 1. The van der Waals surface area contributed by atoms with Crippen LogP contribution in [0.1, 0.15) is 45.1 Å². The van der Waals surface area contributed by atoms with Gasteiger partial charge in [0.05, 0.1) is 0 Å². The SMILES string of the molecule is Cc1noc(C)c1S(=O)(=O)N1CCC(NC(=O)C(C)(C)C)CC1. The number of rotatable bonds is 3. The van der Waals surface area contributed by atoms with Gasteiger partial charge in [0.1, 0.15) is 10.6 Å². The fourth-order valence-electron chi connectivity index (χ4n) is 2.61. The van der Waals surface area contributed by atoms with Gasteiger partial charge >= 0.3 is 0 Å². The molecule has 0 aliphatic carbocycles. The van der Waals surface area contributed by atoms with Gasteiger partial charge in [-0.25, -0.2) is 8.42 Å². The monoisotopic (exact) mass is 343 g/mol. The summed E-state index contributed by atoms with van der Waals surface area (Å²) in [4.78, 5) is 12.2. The summed E-state index contributed by atoms with van der Waals surface area (Å²) in [6.45, 7) is 9.56. The van der Waals surface area contributed by atoms with Crippen LogP contribution in [0.2, 0.25) is 0 Å². The number of hydrogen-bond donors (Lipinski definition) is 1. The quantitative estimate of drug-likeness (QED) is 0.900. The molecule has 0 radical (unpaired) electrons. The molecule has 0 spiro atoms. The van der Waals surface area contributed by atoms with Crippen LogP contribution in [0, 0.1) is 19.3 Å². The molecular formula is C15H25N3O4S. The molecule has 1 fully saturated rings. The topological polar surface area (TPSA) is 92.5 Å². The van der Waals surface area contributed by atoms with Crippen LogP contribution in [-0.2, 0) is 14.8 Å². The van der Waals surface area contributed by atoms with Crippen molar-refractivity contribution in [3.63, 3.8) is 0 Å². The van der Waals surface area contributed by atoms with Crippen molar-refractivity contribution in [2.24, 2.45) is 5.41 Å². The third-order valence-corrected chi connectivity index (χ3v) is 6.18. The summed E-state index contributed by atoms with van der Waals surface area (Å²) in [5, 5.41) is 6.72. The lowest BCUT2D eigenvalue weighted by atomic mass is 9.94. The summed E-state index contributed by atoms with van der Waals surface area (Å²) in [6, 6.07) is 0.0119. The zero-order chi connectivity index (χ0) is 17.4. The highest BCUT2D eigenvalue weighted by molar-refractivity contribution is 7.89. The summed E-state index contributed by atoms with van der Waals surface area (Å²) in [6.07, 6.45) is 1.20. The molecule has 130 valence electrons. The Hall–Kier alpha value is -1.41. The number of amides is 1. The Balaban J connectivity index is 2.03. The van der Waals surface area contributed by atoms with E-state index in [1.54, 1.807) is 13.8 Å². The molecule has 8 heteroatoms. The summed E-state index contributed by atoms with van der Waals surface area (Å²) < 4.78 is 31.8. The van der Waals surface area contributed by atoms with Crippen LogP contribution in [0.25, 0.3) is 0 Å². The lowest BCUT2D eigenvalue weighted by molar-refractivity contribution is -0.129. The van der Waals surface area contributed by atoms with Gasteiger partial charge in [0.15, 0.2) is 5.76 Å². The molecule has 1 amide bonds. The third-order valence-electron chi connectivity index (χ3n) is 4.04. The number of carbonyl (C=O) groups excluding carboxylic acids is 1. The van der Waals surface area contributed by atoms with Crippen LogP contribution in [0.5, 0.6) is 0 Å². The van der Waals surface area contributed by atoms with E-state index >= 15 is 0 Å². The van der Waals surface area contributed by atoms with Gasteiger partial charge in [-0.15, -0.1) is 0 Å². The Morgan fingerprint density at radius 2 is 1.83 bits per heavy atom. The van der Waals surface area contributed by atoms with E-state index in [9.17, 15) is 13.2 Å². The zero-order valence-corrected chi connectivity index (χ0v) is 15.2. The second-order valence-corrected chi connectivity index (χ2v) is 8.93. The normalized spacial score (nSPS) is 18.1. The Morgan fingerprint density at radius 3 is 2.26 bits per heavy atom. The van der Waals surface area contributed by atoms with Gasteiger partial charge in [-0.05, 0) is 26.7 Å². The van der Waals surface area contributed by atoms with E-state index in [0.717, 1.165) is 0 Å². The van der Waals surface area contributed by atoms with Gasteiger partial charge in [-0.3, -0.25) is 4.79 Å². The lowest BCUT2D eigenvalue weighted by Crippen LogP contribution is -2.49. The zero-order valence-electron chi connectivity index (χ0n) is 14.3. The smallest absolute Gasteiger partial charge is 0.248 e. The van der Waals surface area contributed by atoms with E-state index in [0.29, 0.717) is 37.4 Å².